The summed E-state index contributed by atoms with van der Waals surface area (Å²) < 4.78 is 74.5. The fourth-order valence-corrected chi connectivity index (χ4v) is 4.40. The number of esters is 1. The SMILES string of the molecule is CCCCOC[C@H]1OC(OCCCC)(C(F)(F)C(=O)OCC)[C@H](OCCCC)[C@@H](OCCCC)[C@H]1OCCCC. The van der Waals surface area contributed by atoms with Crippen LogP contribution in [0.25, 0.3) is 0 Å². The van der Waals surface area contributed by atoms with E-state index >= 15 is 8.78 Å². The van der Waals surface area contributed by atoms with Crippen molar-refractivity contribution in [1.82, 2.24) is 0 Å². The Balaban J connectivity index is 3.71. The molecule has 0 N–H and O–H groups in total. The lowest BCUT2D eigenvalue weighted by Crippen LogP contribution is -2.75. The zero-order chi connectivity index (χ0) is 29.9. The molecule has 1 saturated heterocycles. The van der Waals surface area contributed by atoms with Crippen LogP contribution in [-0.2, 0) is 38.0 Å². The second-order valence-corrected chi connectivity index (χ2v) is 10.3. The molecule has 1 heterocycles. The van der Waals surface area contributed by atoms with Crippen LogP contribution in [0.3, 0.4) is 0 Å². The molecule has 0 aromatic carbocycles. The summed E-state index contributed by atoms with van der Waals surface area (Å²) in [4.78, 5) is 12.9. The fraction of sp³-hybridized carbons (Fsp3) is 0.967. The van der Waals surface area contributed by atoms with Crippen molar-refractivity contribution in [3.05, 3.63) is 0 Å². The minimum absolute atomic E-state index is 0.0239. The molecule has 0 spiro atoms. The number of carbonyl (C=O) groups excluding carboxylic acids is 1. The minimum Gasteiger partial charge on any atom is -0.461 e. The molecule has 5 atom stereocenters. The monoisotopic (exact) mass is 582 g/mol. The van der Waals surface area contributed by atoms with Crippen molar-refractivity contribution < 1.29 is 46.7 Å². The smallest absolute Gasteiger partial charge is 0.397 e. The highest BCUT2D eigenvalue weighted by Gasteiger charge is 2.73. The zero-order valence-electron chi connectivity index (χ0n) is 25.9. The average molecular weight is 583 g/mol. The third-order valence-corrected chi connectivity index (χ3v) is 6.81. The van der Waals surface area contributed by atoms with Crippen LogP contribution < -0.4 is 0 Å². The van der Waals surface area contributed by atoms with Gasteiger partial charge in [-0.15, -0.1) is 0 Å². The number of halogens is 2. The standard InChI is InChI=1S/C30H56F2O8/c1-7-13-18-34-23-24-25(36-19-14-8-2)26(37-20-15-9-3)27(38-21-16-10-4)30(40-24,39-22-17-11-5)29(31,32)28(33)35-12-6/h24-27H,7-23H2,1-6H3/t24-,25+,26+,27-,30?/m1/s1. The van der Waals surface area contributed by atoms with Gasteiger partial charge in [0.25, 0.3) is 5.79 Å². The molecule has 1 fully saturated rings. The topological polar surface area (TPSA) is 81.7 Å². The van der Waals surface area contributed by atoms with Gasteiger partial charge in [0, 0.05) is 26.4 Å². The molecule has 0 amide bonds. The molecule has 0 aliphatic carbocycles. The maximum absolute atomic E-state index is 16.4. The third kappa shape index (κ3) is 10.7. The molecule has 0 bridgehead atoms. The van der Waals surface area contributed by atoms with E-state index < -0.39 is 42.1 Å². The van der Waals surface area contributed by atoms with Crippen molar-refractivity contribution >= 4 is 5.97 Å². The van der Waals surface area contributed by atoms with Crippen LogP contribution in [0.2, 0.25) is 0 Å². The lowest BCUT2D eigenvalue weighted by Gasteiger charge is -2.53. The molecule has 10 heteroatoms. The Bertz CT molecular complexity index is 653. The van der Waals surface area contributed by atoms with Gasteiger partial charge < -0.3 is 33.2 Å². The molecule has 1 aliphatic rings. The molecule has 8 nitrogen and oxygen atoms in total. The molecule has 0 aromatic heterocycles. The van der Waals surface area contributed by atoms with E-state index in [1.54, 1.807) is 0 Å². The first-order chi connectivity index (χ1) is 19.3. The lowest BCUT2D eigenvalue weighted by atomic mass is 9.87. The van der Waals surface area contributed by atoms with E-state index in [1.165, 1.54) is 6.92 Å². The molecule has 0 saturated carbocycles. The Hall–Kier alpha value is -0.910. The van der Waals surface area contributed by atoms with E-state index in [0.29, 0.717) is 39.1 Å². The van der Waals surface area contributed by atoms with Gasteiger partial charge in [0.1, 0.15) is 24.4 Å². The lowest BCUT2D eigenvalue weighted by molar-refractivity contribution is -0.427. The van der Waals surface area contributed by atoms with Gasteiger partial charge in [-0.1, -0.05) is 66.7 Å². The summed E-state index contributed by atoms with van der Waals surface area (Å²) in [5, 5.41) is 0. The van der Waals surface area contributed by atoms with E-state index in [2.05, 4.69) is 0 Å². The van der Waals surface area contributed by atoms with E-state index in [4.69, 9.17) is 33.2 Å². The predicted molar refractivity (Wildman–Crippen MR) is 150 cm³/mol. The minimum atomic E-state index is -4.20. The first kappa shape index (κ1) is 37.1. The number of hydrogen-bond acceptors (Lipinski definition) is 8. The highest BCUT2D eigenvalue weighted by atomic mass is 19.3. The van der Waals surface area contributed by atoms with Crippen LogP contribution in [0, 0.1) is 0 Å². The zero-order valence-corrected chi connectivity index (χ0v) is 25.9. The molecule has 1 aliphatic heterocycles. The van der Waals surface area contributed by atoms with Gasteiger partial charge >= 0.3 is 11.9 Å². The molecule has 238 valence electrons. The summed E-state index contributed by atoms with van der Waals surface area (Å²) in [6, 6.07) is 0. The van der Waals surface area contributed by atoms with Crippen LogP contribution in [-0.4, -0.2) is 88.3 Å². The Labute approximate surface area is 241 Å². The fourth-order valence-electron chi connectivity index (χ4n) is 4.40. The number of rotatable bonds is 24. The van der Waals surface area contributed by atoms with Crippen LogP contribution in [0.5, 0.6) is 0 Å². The van der Waals surface area contributed by atoms with Crippen LogP contribution in [0.15, 0.2) is 0 Å². The molecular formula is C30H56F2O8. The molecule has 1 unspecified atom stereocenters. The second-order valence-electron chi connectivity index (χ2n) is 10.3. The molecule has 0 aromatic rings. The number of alkyl halides is 2. The van der Waals surface area contributed by atoms with Crippen molar-refractivity contribution in [1.29, 1.82) is 0 Å². The van der Waals surface area contributed by atoms with E-state index in [-0.39, 0.29) is 26.4 Å². The van der Waals surface area contributed by atoms with Crippen LogP contribution >= 0.6 is 0 Å². The van der Waals surface area contributed by atoms with Crippen LogP contribution in [0.1, 0.15) is 106 Å². The van der Waals surface area contributed by atoms with Gasteiger partial charge in [-0.05, 0) is 39.0 Å². The first-order valence-electron chi connectivity index (χ1n) is 15.6. The largest absolute Gasteiger partial charge is 0.461 e. The summed E-state index contributed by atoms with van der Waals surface area (Å²) >= 11 is 0. The summed E-state index contributed by atoms with van der Waals surface area (Å²) in [5.74, 6) is -8.71. The quantitative estimate of drug-likeness (QED) is 0.0946. The Morgan fingerprint density at radius 3 is 1.77 bits per heavy atom. The van der Waals surface area contributed by atoms with Gasteiger partial charge in [-0.25, -0.2) is 4.79 Å². The van der Waals surface area contributed by atoms with Gasteiger partial charge in [0.2, 0.25) is 0 Å². The van der Waals surface area contributed by atoms with Gasteiger partial charge in [-0.2, -0.15) is 8.78 Å². The van der Waals surface area contributed by atoms with Crippen molar-refractivity contribution in [2.24, 2.45) is 0 Å². The van der Waals surface area contributed by atoms with Gasteiger partial charge in [0.15, 0.2) is 0 Å². The summed E-state index contributed by atoms with van der Waals surface area (Å²) in [6.07, 6.45) is 3.37. The van der Waals surface area contributed by atoms with Crippen molar-refractivity contribution in [2.45, 2.75) is 142 Å². The summed E-state index contributed by atoms with van der Waals surface area (Å²) in [7, 11) is 0. The van der Waals surface area contributed by atoms with Crippen molar-refractivity contribution in [2.75, 3.05) is 46.2 Å². The Morgan fingerprint density at radius 1 is 0.725 bits per heavy atom. The number of hydrogen-bond donors (Lipinski definition) is 0. The van der Waals surface area contributed by atoms with E-state index in [9.17, 15) is 4.79 Å². The maximum Gasteiger partial charge on any atom is 0.397 e. The number of unbranched alkanes of at least 4 members (excludes halogenated alkanes) is 5. The van der Waals surface area contributed by atoms with Gasteiger partial charge in [0.05, 0.1) is 19.8 Å². The Kier molecular flexibility index (Phi) is 19.4. The third-order valence-electron chi connectivity index (χ3n) is 6.81. The van der Waals surface area contributed by atoms with Crippen molar-refractivity contribution in [3.8, 4) is 0 Å². The van der Waals surface area contributed by atoms with E-state index in [1.807, 2.05) is 34.6 Å². The summed E-state index contributed by atoms with van der Waals surface area (Å²) in [5.41, 5.74) is 0. The molecular weight excluding hydrogens is 526 g/mol. The van der Waals surface area contributed by atoms with Crippen LogP contribution in [0.4, 0.5) is 8.78 Å². The van der Waals surface area contributed by atoms with Gasteiger partial charge in [-0.3, -0.25) is 0 Å². The number of ether oxygens (including phenoxy) is 7. The summed E-state index contributed by atoms with van der Waals surface area (Å²) in [6.45, 7) is 12.5. The molecule has 40 heavy (non-hydrogen) atoms. The Morgan fingerprint density at radius 2 is 1.23 bits per heavy atom. The van der Waals surface area contributed by atoms with Crippen molar-refractivity contribution in [3.63, 3.8) is 0 Å². The maximum atomic E-state index is 16.4. The normalized spacial score (nSPS) is 25.3. The highest BCUT2D eigenvalue weighted by molar-refractivity contribution is 5.79. The average Bonchev–Trinajstić information content (AvgIpc) is 2.93. The first-order valence-corrected chi connectivity index (χ1v) is 15.6. The van der Waals surface area contributed by atoms with E-state index in [0.717, 1.165) is 44.9 Å². The number of carbonyl (C=O) groups is 1. The molecule has 1 rings (SSSR count). The second kappa shape index (κ2) is 20.9. The molecule has 0 radical (unpaired) electrons. The highest BCUT2D eigenvalue weighted by Crippen LogP contribution is 2.46. The predicted octanol–water partition coefficient (Wildman–Crippen LogP) is 6.47.